The number of carbonyl (C=O) groups is 2. The summed E-state index contributed by atoms with van der Waals surface area (Å²) in [7, 11) is -3.82. The number of benzene rings is 3. The molecule has 3 aromatic rings. The Morgan fingerprint density at radius 1 is 0.947 bits per heavy atom. The number of carbonyl (C=O) groups excluding carboxylic acids is 2. The number of hydrogen-bond acceptors (Lipinski definition) is 5. The van der Waals surface area contributed by atoms with Crippen molar-refractivity contribution in [1.82, 2.24) is 4.31 Å². The highest BCUT2D eigenvalue weighted by Crippen LogP contribution is 2.27. The molecule has 1 aliphatic rings. The summed E-state index contributed by atoms with van der Waals surface area (Å²) in [6.07, 6.45) is 0. The predicted octanol–water partition coefficient (Wildman–Crippen LogP) is 3.37. The van der Waals surface area contributed by atoms with E-state index in [1.54, 1.807) is 13.8 Å². The van der Waals surface area contributed by atoms with Crippen LogP contribution >= 0.6 is 11.6 Å². The first kappa shape index (κ1) is 27.5. The molecular formula is C28H28ClN4O4S+. The summed E-state index contributed by atoms with van der Waals surface area (Å²) in [5.41, 5.74) is 0.953. The maximum Gasteiger partial charge on any atom is 0.429 e. The van der Waals surface area contributed by atoms with Gasteiger partial charge in [-0.1, -0.05) is 72.3 Å². The Morgan fingerprint density at radius 3 is 2.00 bits per heavy atom. The molecule has 0 aliphatic carbocycles. The van der Waals surface area contributed by atoms with Gasteiger partial charge in [-0.05, 0) is 29.3 Å². The maximum atomic E-state index is 13.6. The molecule has 196 valence electrons. The summed E-state index contributed by atoms with van der Waals surface area (Å²) in [5.74, 6) is -0.798. The van der Waals surface area contributed by atoms with Gasteiger partial charge in [0.25, 0.3) is 5.91 Å². The molecule has 1 N–H and O–H groups in total. The highest BCUT2D eigenvalue weighted by atomic mass is 35.5. The monoisotopic (exact) mass is 551 g/mol. The second-order valence-corrected chi connectivity index (χ2v) is 12.1. The Balaban J connectivity index is 1.57. The Labute approximate surface area is 227 Å². The number of nitrogens with zero attached hydrogens (tertiary/aromatic N) is 3. The van der Waals surface area contributed by atoms with E-state index >= 15 is 0 Å². The molecule has 1 saturated heterocycles. The average Bonchev–Trinajstić information content (AvgIpc) is 3.06. The number of rotatable bonds is 9. The zero-order valence-electron chi connectivity index (χ0n) is 21.1. The minimum Gasteiger partial charge on any atom is -0.266 e. The first-order chi connectivity index (χ1) is 18.0. The molecule has 0 aromatic heterocycles. The first-order valence-corrected chi connectivity index (χ1v) is 14.0. The van der Waals surface area contributed by atoms with Crippen molar-refractivity contribution in [2.45, 2.75) is 32.5 Å². The minimum atomic E-state index is -3.82. The van der Waals surface area contributed by atoms with Crippen LogP contribution in [0.2, 0.25) is 5.02 Å². The van der Waals surface area contributed by atoms with Crippen LogP contribution in [0.4, 0.5) is 10.5 Å². The highest BCUT2D eigenvalue weighted by molar-refractivity contribution is 7.89. The standard InChI is InChI=1S/C28H27ClN4O4S/c1-28(2)26(34)33(24-14-13-23(18-30)25(29)17-24)27(35)32(28)15-16-38(36,37)31(19-21-9-5-3-6-10-21)20-22-11-7-4-8-12-22/h3-14,17H,15-16,19-20H2,1-2H3/p+1. The van der Waals surface area contributed by atoms with E-state index in [1.165, 1.54) is 22.5 Å². The molecule has 1 heterocycles. The summed E-state index contributed by atoms with van der Waals surface area (Å²) < 4.78 is 28.6. The fourth-order valence-electron chi connectivity index (χ4n) is 4.48. The molecule has 10 heteroatoms. The molecule has 1 unspecified atom stereocenters. The van der Waals surface area contributed by atoms with Crippen LogP contribution in [0.15, 0.2) is 78.9 Å². The molecule has 1 aliphatic heterocycles. The van der Waals surface area contributed by atoms with Crippen LogP contribution in [0.1, 0.15) is 30.5 Å². The highest BCUT2D eigenvalue weighted by Gasteiger charge is 2.57. The van der Waals surface area contributed by atoms with Crippen molar-refractivity contribution < 1.29 is 22.9 Å². The lowest BCUT2D eigenvalue weighted by Crippen LogP contribution is -3.20. The van der Waals surface area contributed by atoms with Crippen molar-refractivity contribution in [2.75, 3.05) is 17.2 Å². The molecule has 8 nitrogen and oxygen atoms in total. The van der Waals surface area contributed by atoms with Gasteiger partial charge in [-0.15, -0.1) is 0 Å². The van der Waals surface area contributed by atoms with E-state index in [4.69, 9.17) is 16.9 Å². The van der Waals surface area contributed by atoms with Crippen molar-refractivity contribution >= 4 is 39.2 Å². The zero-order chi connectivity index (χ0) is 27.5. The second-order valence-electron chi connectivity index (χ2n) is 9.63. The van der Waals surface area contributed by atoms with Crippen LogP contribution in [-0.4, -0.2) is 42.5 Å². The van der Waals surface area contributed by atoms with Gasteiger partial charge in [0.2, 0.25) is 10.0 Å². The Kier molecular flexibility index (Phi) is 7.99. The van der Waals surface area contributed by atoms with E-state index < -0.39 is 27.5 Å². The largest absolute Gasteiger partial charge is 0.429 e. The molecule has 0 saturated carbocycles. The lowest BCUT2D eigenvalue weighted by molar-refractivity contribution is -0.847. The van der Waals surface area contributed by atoms with Crippen LogP contribution in [0.25, 0.3) is 0 Å². The fourth-order valence-corrected chi connectivity index (χ4v) is 6.11. The number of sulfonamides is 1. The summed E-state index contributed by atoms with van der Waals surface area (Å²) in [4.78, 5) is 27.9. The minimum absolute atomic E-state index is 0.0967. The number of anilines is 1. The number of quaternary nitrogens is 1. The van der Waals surface area contributed by atoms with E-state index in [0.717, 1.165) is 16.0 Å². The number of amides is 3. The van der Waals surface area contributed by atoms with E-state index in [9.17, 15) is 18.0 Å². The Hall–Kier alpha value is -3.55. The molecule has 1 atom stereocenters. The summed E-state index contributed by atoms with van der Waals surface area (Å²) in [6.45, 7) is 3.50. The lowest BCUT2D eigenvalue weighted by atomic mass is 10.0. The van der Waals surface area contributed by atoms with Crippen LogP contribution in [0, 0.1) is 11.3 Å². The van der Waals surface area contributed by atoms with Gasteiger partial charge in [0, 0.05) is 26.9 Å². The van der Waals surface area contributed by atoms with Gasteiger partial charge in [-0.3, -0.25) is 4.79 Å². The normalized spacial score (nSPS) is 17.1. The molecule has 0 radical (unpaired) electrons. The molecule has 0 spiro atoms. The number of imide groups is 1. The third kappa shape index (κ3) is 5.64. The Morgan fingerprint density at radius 2 is 1.50 bits per heavy atom. The SMILES string of the molecule is CC1(C)C(=O)N(c2ccc(C#N)c(Cl)c2)C(=O)[NH+]1CCS(=O)(=O)N(Cc1ccccc1)Cc1ccccc1. The smallest absolute Gasteiger partial charge is 0.266 e. The van der Waals surface area contributed by atoms with Crippen LogP contribution < -0.4 is 9.80 Å². The summed E-state index contributed by atoms with van der Waals surface area (Å²) in [6, 6.07) is 24.3. The lowest BCUT2D eigenvalue weighted by Gasteiger charge is -2.25. The molecule has 38 heavy (non-hydrogen) atoms. The topological polar surface area (TPSA) is 103 Å². The number of nitrogens with one attached hydrogen (secondary N) is 1. The number of hydrogen-bond donors (Lipinski definition) is 1. The summed E-state index contributed by atoms with van der Waals surface area (Å²) >= 11 is 6.14. The van der Waals surface area contributed by atoms with Crippen molar-refractivity contribution in [1.29, 1.82) is 5.26 Å². The fraction of sp³-hybridized carbons (Fsp3) is 0.250. The van der Waals surface area contributed by atoms with E-state index in [2.05, 4.69) is 0 Å². The van der Waals surface area contributed by atoms with Crippen molar-refractivity contribution in [3.05, 3.63) is 101 Å². The van der Waals surface area contributed by atoms with Gasteiger partial charge >= 0.3 is 6.03 Å². The Bertz CT molecular complexity index is 1450. The third-order valence-corrected chi connectivity index (χ3v) is 8.77. The van der Waals surface area contributed by atoms with Gasteiger partial charge in [0.1, 0.15) is 18.4 Å². The number of urea groups is 1. The van der Waals surface area contributed by atoms with Crippen molar-refractivity contribution in [2.24, 2.45) is 0 Å². The van der Waals surface area contributed by atoms with Gasteiger partial charge in [-0.25, -0.2) is 18.1 Å². The van der Waals surface area contributed by atoms with Crippen LogP contribution in [-0.2, 0) is 27.9 Å². The molecular weight excluding hydrogens is 524 g/mol. The summed E-state index contributed by atoms with van der Waals surface area (Å²) in [5, 5.41) is 9.26. The molecule has 3 amide bonds. The van der Waals surface area contributed by atoms with Crippen LogP contribution in [0.3, 0.4) is 0 Å². The molecule has 1 fully saturated rings. The molecule has 3 aromatic carbocycles. The molecule has 0 bridgehead atoms. The number of nitriles is 1. The second kappa shape index (κ2) is 11.1. The van der Waals surface area contributed by atoms with Gasteiger partial charge in [0.15, 0.2) is 5.54 Å². The predicted molar refractivity (Wildman–Crippen MR) is 145 cm³/mol. The quantitative estimate of drug-likeness (QED) is 0.411. The van der Waals surface area contributed by atoms with E-state index in [1.807, 2.05) is 66.7 Å². The first-order valence-electron chi connectivity index (χ1n) is 12.0. The van der Waals surface area contributed by atoms with Crippen molar-refractivity contribution in [3.63, 3.8) is 0 Å². The van der Waals surface area contributed by atoms with Crippen molar-refractivity contribution in [3.8, 4) is 6.07 Å². The third-order valence-electron chi connectivity index (χ3n) is 6.69. The maximum absolute atomic E-state index is 13.6. The average molecular weight is 552 g/mol. The van der Waals surface area contributed by atoms with E-state index in [0.29, 0.717) is 0 Å². The van der Waals surface area contributed by atoms with Crippen LogP contribution in [0.5, 0.6) is 0 Å². The van der Waals surface area contributed by atoms with E-state index in [-0.39, 0.29) is 46.6 Å². The number of halogens is 1. The molecule has 4 rings (SSSR count). The zero-order valence-corrected chi connectivity index (χ0v) is 22.7. The van der Waals surface area contributed by atoms with Gasteiger partial charge in [-0.2, -0.15) is 14.5 Å². The van der Waals surface area contributed by atoms with Gasteiger partial charge < -0.3 is 0 Å². The van der Waals surface area contributed by atoms with Gasteiger partial charge in [0.05, 0.1) is 16.3 Å².